The fourth-order valence-corrected chi connectivity index (χ4v) is 2.64. The second-order valence-electron chi connectivity index (χ2n) is 6.83. The Hall–Kier alpha value is -0.160. The van der Waals surface area contributed by atoms with Crippen molar-refractivity contribution in [2.45, 2.75) is 64.1 Å². The van der Waals surface area contributed by atoms with Gasteiger partial charge in [0, 0.05) is 13.2 Å². The molecule has 2 unspecified atom stereocenters. The van der Waals surface area contributed by atoms with Crippen molar-refractivity contribution in [3.63, 3.8) is 0 Å². The van der Waals surface area contributed by atoms with E-state index in [2.05, 4.69) is 13.8 Å². The SMILES string of the molecule is [CH2]C(CC)(CCCCOCC1CO1)CCCCOCC1CO1. The Morgan fingerprint density at radius 1 is 0.909 bits per heavy atom. The molecule has 129 valence electrons. The van der Waals surface area contributed by atoms with Crippen molar-refractivity contribution in [1.29, 1.82) is 0 Å². The van der Waals surface area contributed by atoms with Crippen LogP contribution in [-0.4, -0.2) is 51.8 Å². The molecular formula is C18H33O4. The zero-order chi connectivity index (χ0) is 15.7. The zero-order valence-electron chi connectivity index (χ0n) is 14.2. The standard InChI is InChI=1S/C18H33O4/c1-3-18(2,8-4-6-10-19-12-16-14-21-16)9-5-7-11-20-13-17-15-22-17/h16-17H,2-15H2,1H3. The summed E-state index contributed by atoms with van der Waals surface area (Å²) >= 11 is 0. The normalized spacial score (nSPS) is 25.9. The number of rotatable bonds is 15. The fraction of sp³-hybridized carbons (Fsp3) is 0.944. The predicted octanol–water partition coefficient (Wildman–Crippen LogP) is 3.39. The molecule has 2 aliphatic rings. The van der Waals surface area contributed by atoms with Crippen LogP contribution in [0.15, 0.2) is 0 Å². The summed E-state index contributed by atoms with van der Waals surface area (Å²) in [6, 6.07) is 0. The second kappa shape index (κ2) is 9.86. The summed E-state index contributed by atoms with van der Waals surface area (Å²) in [6.45, 7) is 11.8. The molecule has 0 saturated carbocycles. The molecule has 2 rings (SSSR count). The Bertz CT molecular complexity index is 263. The lowest BCUT2D eigenvalue weighted by molar-refractivity contribution is 0.107. The van der Waals surface area contributed by atoms with Crippen LogP contribution in [0.25, 0.3) is 0 Å². The molecule has 22 heavy (non-hydrogen) atoms. The topological polar surface area (TPSA) is 43.5 Å². The van der Waals surface area contributed by atoms with Crippen LogP contribution in [0.3, 0.4) is 0 Å². The fourth-order valence-electron chi connectivity index (χ4n) is 2.64. The summed E-state index contributed by atoms with van der Waals surface area (Å²) in [5.41, 5.74) is 0.235. The van der Waals surface area contributed by atoms with Crippen molar-refractivity contribution in [2.24, 2.45) is 5.41 Å². The Balaban J connectivity index is 1.41. The van der Waals surface area contributed by atoms with Gasteiger partial charge in [0.25, 0.3) is 0 Å². The lowest BCUT2D eigenvalue weighted by atomic mass is 9.78. The maximum Gasteiger partial charge on any atom is 0.104 e. The van der Waals surface area contributed by atoms with Gasteiger partial charge in [-0.25, -0.2) is 0 Å². The molecule has 0 spiro atoms. The van der Waals surface area contributed by atoms with Crippen LogP contribution in [0.1, 0.15) is 51.9 Å². The van der Waals surface area contributed by atoms with E-state index in [1.54, 1.807) is 0 Å². The molecule has 0 aromatic carbocycles. The van der Waals surface area contributed by atoms with Gasteiger partial charge in [-0.2, -0.15) is 0 Å². The van der Waals surface area contributed by atoms with E-state index in [0.717, 1.165) is 58.9 Å². The van der Waals surface area contributed by atoms with Crippen molar-refractivity contribution in [2.75, 3.05) is 39.6 Å². The third kappa shape index (κ3) is 8.47. The van der Waals surface area contributed by atoms with Gasteiger partial charge in [-0.3, -0.25) is 0 Å². The van der Waals surface area contributed by atoms with Gasteiger partial charge in [-0.05, 0) is 38.0 Å². The number of unbranched alkanes of at least 4 members (excludes halogenated alkanes) is 2. The van der Waals surface area contributed by atoms with Crippen molar-refractivity contribution in [3.05, 3.63) is 6.92 Å². The minimum atomic E-state index is 0.235. The van der Waals surface area contributed by atoms with Crippen LogP contribution >= 0.6 is 0 Å². The molecule has 2 saturated heterocycles. The number of ether oxygens (including phenoxy) is 4. The molecule has 0 aromatic rings. The van der Waals surface area contributed by atoms with E-state index in [9.17, 15) is 0 Å². The van der Waals surface area contributed by atoms with Crippen LogP contribution < -0.4 is 0 Å². The van der Waals surface area contributed by atoms with Crippen LogP contribution in [0.4, 0.5) is 0 Å². The predicted molar refractivity (Wildman–Crippen MR) is 86.9 cm³/mol. The Kier molecular flexibility index (Phi) is 8.15. The Morgan fingerprint density at radius 2 is 1.36 bits per heavy atom. The number of hydrogen-bond acceptors (Lipinski definition) is 4. The van der Waals surface area contributed by atoms with Gasteiger partial charge < -0.3 is 18.9 Å². The van der Waals surface area contributed by atoms with Gasteiger partial charge in [0.2, 0.25) is 0 Å². The third-order valence-electron chi connectivity index (χ3n) is 4.65. The maximum atomic E-state index is 5.58. The van der Waals surface area contributed by atoms with E-state index in [-0.39, 0.29) is 5.41 Å². The summed E-state index contributed by atoms with van der Waals surface area (Å²) in [5.74, 6) is 0. The van der Waals surface area contributed by atoms with Gasteiger partial charge in [0.1, 0.15) is 12.2 Å². The lowest BCUT2D eigenvalue weighted by Crippen LogP contribution is -2.16. The van der Waals surface area contributed by atoms with Crippen LogP contribution in [0.2, 0.25) is 0 Å². The van der Waals surface area contributed by atoms with Gasteiger partial charge in [-0.15, -0.1) is 0 Å². The molecule has 2 atom stereocenters. The average molecular weight is 313 g/mol. The molecule has 1 radical (unpaired) electrons. The first-order valence-corrected chi connectivity index (χ1v) is 8.96. The first-order valence-electron chi connectivity index (χ1n) is 8.96. The third-order valence-corrected chi connectivity index (χ3v) is 4.65. The molecule has 4 heteroatoms. The average Bonchev–Trinajstić information content (AvgIpc) is 3.40. The molecular weight excluding hydrogens is 280 g/mol. The smallest absolute Gasteiger partial charge is 0.104 e. The molecule has 0 amide bonds. The van der Waals surface area contributed by atoms with Crippen molar-refractivity contribution >= 4 is 0 Å². The van der Waals surface area contributed by atoms with Gasteiger partial charge in [0.15, 0.2) is 0 Å². The monoisotopic (exact) mass is 313 g/mol. The molecule has 2 fully saturated rings. The first kappa shape index (κ1) is 18.2. The minimum Gasteiger partial charge on any atom is -0.379 e. The Labute approximate surface area is 135 Å². The quantitative estimate of drug-likeness (QED) is 0.343. The molecule has 0 aromatic heterocycles. The van der Waals surface area contributed by atoms with E-state index < -0.39 is 0 Å². The molecule has 0 bridgehead atoms. The van der Waals surface area contributed by atoms with E-state index in [4.69, 9.17) is 18.9 Å². The van der Waals surface area contributed by atoms with Crippen molar-refractivity contribution in [3.8, 4) is 0 Å². The second-order valence-corrected chi connectivity index (χ2v) is 6.83. The van der Waals surface area contributed by atoms with Crippen LogP contribution in [0, 0.1) is 12.3 Å². The van der Waals surface area contributed by atoms with Crippen molar-refractivity contribution < 1.29 is 18.9 Å². The molecule has 0 aliphatic carbocycles. The molecule has 4 nitrogen and oxygen atoms in total. The van der Waals surface area contributed by atoms with Gasteiger partial charge in [0.05, 0.1) is 26.4 Å². The maximum absolute atomic E-state index is 5.58. The number of epoxide rings is 2. The molecule has 2 heterocycles. The summed E-state index contributed by atoms with van der Waals surface area (Å²) in [5, 5.41) is 0. The Morgan fingerprint density at radius 3 is 1.73 bits per heavy atom. The molecule has 0 N–H and O–H groups in total. The van der Waals surface area contributed by atoms with Gasteiger partial charge in [-0.1, -0.05) is 26.2 Å². The largest absolute Gasteiger partial charge is 0.379 e. The van der Waals surface area contributed by atoms with E-state index in [1.807, 2.05) is 0 Å². The first-order chi connectivity index (χ1) is 10.7. The highest BCUT2D eigenvalue weighted by Gasteiger charge is 2.23. The highest BCUT2D eigenvalue weighted by Crippen LogP contribution is 2.33. The highest BCUT2D eigenvalue weighted by atomic mass is 16.6. The number of hydrogen-bond donors (Lipinski definition) is 0. The lowest BCUT2D eigenvalue weighted by Gasteiger charge is -2.28. The van der Waals surface area contributed by atoms with Gasteiger partial charge >= 0.3 is 0 Å². The summed E-state index contributed by atoms with van der Waals surface area (Å²) in [7, 11) is 0. The summed E-state index contributed by atoms with van der Waals surface area (Å²) in [6.07, 6.45) is 9.00. The zero-order valence-corrected chi connectivity index (χ0v) is 14.2. The highest BCUT2D eigenvalue weighted by molar-refractivity contribution is 4.80. The molecule has 2 aliphatic heterocycles. The van der Waals surface area contributed by atoms with E-state index >= 15 is 0 Å². The van der Waals surface area contributed by atoms with Crippen LogP contribution in [-0.2, 0) is 18.9 Å². The summed E-state index contributed by atoms with van der Waals surface area (Å²) < 4.78 is 21.4. The van der Waals surface area contributed by atoms with E-state index in [1.165, 1.54) is 25.7 Å². The van der Waals surface area contributed by atoms with Crippen LogP contribution in [0.5, 0.6) is 0 Å². The minimum absolute atomic E-state index is 0.235. The van der Waals surface area contributed by atoms with E-state index in [0.29, 0.717) is 12.2 Å². The van der Waals surface area contributed by atoms with Crippen molar-refractivity contribution in [1.82, 2.24) is 0 Å². The summed E-state index contributed by atoms with van der Waals surface area (Å²) in [4.78, 5) is 0.